The topological polar surface area (TPSA) is 46.2 Å². The van der Waals surface area contributed by atoms with Crippen molar-refractivity contribution < 1.29 is 5.11 Å². The quantitative estimate of drug-likeness (QED) is 0.808. The van der Waals surface area contributed by atoms with E-state index >= 15 is 0 Å². The fraction of sp³-hybridized carbons (Fsp3) is 0.143. The molecule has 0 atom stereocenters. The van der Waals surface area contributed by atoms with Crippen LogP contribution in [0.5, 0.6) is 5.75 Å². The van der Waals surface area contributed by atoms with Gasteiger partial charge < -0.3 is 10.8 Å². The molecule has 0 spiro atoms. The van der Waals surface area contributed by atoms with Gasteiger partial charge in [-0.3, -0.25) is 0 Å². The molecule has 3 N–H and O–H groups in total. The highest BCUT2D eigenvalue weighted by atomic mass is 16.3. The Bertz CT molecular complexity index is 343. The van der Waals surface area contributed by atoms with Gasteiger partial charge in [-0.1, -0.05) is 48.5 Å². The van der Waals surface area contributed by atoms with E-state index in [2.05, 4.69) is 0 Å². The number of hydrogen-bond donors (Lipinski definition) is 2. The third-order valence-electron chi connectivity index (χ3n) is 2.04. The molecule has 0 aromatic heterocycles. The van der Waals surface area contributed by atoms with Crippen molar-refractivity contribution in [1.82, 2.24) is 0 Å². The second-order valence-electron chi connectivity index (χ2n) is 3.36. The average Bonchev–Trinajstić information content (AvgIpc) is 2.35. The van der Waals surface area contributed by atoms with Crippen LogP contribution in [0.4, 0.5) is 0 Å². The number of aromatic hydroxyl groups is 1. The van der Waals surface area contributed by atoms with Gasteiger partial charge in [0.25, 0.3) is 0 Å². The SMILES string of the molecule is NCCc1ccc(O)cc1.c1ccccc1. The van der Waals surface area contributed by atoms with Crippen LogP contribution in [0.2, 0.25) is 0 Å². The molecule has 2 aromatic rings. The van der Waals surface area contributed by atoms with Gasteiger partial charge in [0.2, 0.25) is 0 Å². The predicted molar refractivity (Wildman–Crippen MR) is 67.3 cm³/mol. The maximum absolute atomic E-state index is 8.89. The summed E-state index contributed by atoms with van der Waals surface area (Å²) in [6, 6.07) is 19.1. The van der Waals surface area contributed by atoms with Gasteiger partial charge in [0.15, 0.2) is 0 Å². The van der Waals surface area contributed by atoms with Crippen LogP contribution in [0.15, 0.2) is 60.7 Å². The van der Waals surface area contributed by atoms with E-state index in [9.17, 15) is 0 Å². The summed E-state index contributed by atoms with van der Waals surface area (Å²) < 4.78 is 0. The number of hydrogen-bond acceptors (Lipinski definition) is 2. The normalized spacial score (nSPS) is 9.06. The van der Waals surface area contributed by atoms with Crippen molar-refractivity contribution in [3.63, 3.8) is 0 Å². The van der Waals surface area contributed by atoms with Crippen LogP contribution < -0.4 is 5.73 Å². The molecule has 0 unspecified atom stereocenters. The monoisotopic (exact) mass is 215 g/mol. The Morgan fingerprint density at radius 1 is 0.812 bits per heavy atom. The highest BCUT2D eigenvalue weighted by Gasteiger charge is 1.89. The van der Waals surface area contributed by atoms with E-state index < -0.39 is 0 Å². The van der Waals surface area contributed by atoms with Crippen LogP contribution in [-0.2, 0) is 6.42 Å². The lowest BCUT2D eigenvalue weighted by molar-refractivity contribution is 0.475. The summed E-state index contributed by atoms with van der Waals surface area (Å²) in [5.74, 6) is 0.306. The third kappa shape index (κ3) is 5.17. The molecular weight excluding hydrogens is 198 g/mol. The molecule has 2 nitrogen and oxygen atoms in total. The van der Waals surface area contributed by atoms with Crippen molar-refractivity contribution in [3.05, 3.63) is 66.2 Å². The van der Waals surface area contributed by atoms with Crippen molar-refractivity contribution in [3.8, 4) is 5.75 Å². The van der Waals surface area contributed by atoms with Crippen LogP contribution in [0.25, 0.3) is 0 Å². The lowest BCUT2D eigenvalue weighted by Gasteiger charge is -1.96. The minimum Gasteiger partial charge on any atom is -0.508 e. The van der Waals surface area contributed by atoms with Crippen LogP contribution in [-0.4, -0.2) is 11.7 Å². The molecule has 2 heteroatoms. The largest absolute Gasteiger partial charge is 0.508 e. The maximum atomic E-state index is 8.89. The molecule has 2 rings (SSSR count). The van der Waals surface area contributed by atoms with E-state index in [1.807, 2.05) is 48.5 Å². The van der Waals surface area contributed by atoms with Gasteiger partial charge in [-0.2, -0.15) is 0 Å². The smallest absolute Gasteiger partial charge is 0.115 e. The molecule has 0 bridgehead atoms. The average molecular weight is 215 g/mol. The summed E-state index contributed by atoms with van der Waals surface area (Å²) in [4.78, 5) is 0. The molecule has 0 saturated heterocycles. The Labute approximate surface area is 96.4 Å². The van der Waals surface area contributed by atoms with E-state index in [-0.39, 0.29) is 0 Å². The molecule has 0 aliphatic carbocycles. The summed E-state index contributed by atoms with van der Waals surface area (Å²) in [6.07, 6.45) is 0.875. The first-order valence-electron chi connectivity index (χ1n) is 5.31. The predicted octanol–water partition coefficient (Wildman–Crippen LogP) is 2.58. The molecule has 0 fully saturated rings. The Balaban J connectivity index is 0.000000181. The second kappa shape index (κ2) is 7.49. The Morgan fingerprint density at radius 2 is 1.25 bits per heavy atom. The molecule has 0 radical (unpaired) electrons. The molecule has 84 valence electrons. The lowest BCUT2D eigenvalue weighted by Crippen LogP contribution is -2.01. The fourth-order valence-corrected chi connectivity index (χ4v) is 1.21. The molecule has 0 saturated carbocycles. The highest BCUT2D eigenvalue weighted by molar-refractivity contribution is 5.25. The van der Waals surface area contributed by atoms with Crippen molar-refractivity contribution in [2.45, 2.75) is 6.42 Å². The van der Waals surface area contributed by atoms with Crippen LogP contribution in [0.3, 0.4) is 0 Å². The summed E-state index contributed by atoms with van der Waals surface area (Å²) in [5, 5.41) is 8.89. The first kappa shape index (κ1) is 12.3. The van der Waals surface area contributed by atoms with Crippen molar-refractivity contribution in [1.29, 1.82) is 0 Å². The molecule has 0 aliphatic rings. The molecule has 0 aliphatic heterocycles. The van der Waals surface area contributed by atoms with E-state index in [1.165, 1.54) is 5.56 Å². The number of rotatable bonds is 2. The summed E-state index contributed by atoms with van der Waals surface area (Å²) in [6.45, 7) is 0.658. The van der Waals surface area contributed by atoms with Crippen LogP contribution in [0.1, 0.15) is 5.56 Å². The van der Waals surface area contributed by atoms with Gasteiger partial charge in [-0.25, -0.2) is 0 Å². The zero-order valence-corrected chi connectivity index (χ0v) is 9.21. The number of phenolic OH excluding ortho intramolecular Hbond substituents is 1. The fourth-order valence-electron chi connectivity index (χ4n) is 1.21. The van der Waals surface area contributed by atoms with Crippen molar-refractivity contribution in [2.75, 3.05) is 6.54 Å². The minimum absolute atomic E-state index is 0.306. The van der Waals surface area contributed by atoms with E-state index in [0.29, 0.717) is 12.3 Å². The van der Waals surface area contributed by atoms with Gasteiger partial charge >= 0.3 is 0 Å². The summed E-state index contributed by atoms with van der Waals surface area (Å²) in [7, 11) is 0. The lowest BCUT2D eigenvalue weighted by atomic mass is 10.1. The maximum Gasteiger partial charge on any atom is 0.115 e. The van der Waals surface area contributed by atoms with Crippen LogP contribution in [0, 0.1) is 0 Å². The van der Waals surface area contributed by atoms with Gasteiger partial charge in [-0.15, -0.1) is 0 Å². The van der Waals surface area contributed by atoms with E-state index in [1.54, 1.807) is 12.1 Å². The van der Waals surface area contributed by atoms with Crippen molar-refractivity contribution >= 4 is 0 Å². The van der Waals surface area contributed by atoms with Crippen LogP contribution >= 0.6 is 0 Å². The Hall–Kier alpha value is -1.80. The second-order valence-corrected chi connectivity index (χ2v) is 3.36. The third-order valence-corrected chi connectivity index (χ3v) is 2.04. The zero-order chi connectivity index (χ0) is 11.6. The van der Waals surface area contributed by atoms with Gasteiger partial charge in [-0.05, 0) is 30.7 Å². The Kier molecular flexibility index (Phi) is 5.74. The number of benzene rings is 2. The molecule has 2 aromatic carbocycles. The minimum atomic E-state index is 0.306. The standard InChI is InChI=1S/C8H11NO.C6H6/c9-6-5-7-1-3-8(10)4-2-7;1-2-4-6-5-3-1/h1-4,10H,5-6,9H2;1-6H. The van der Waals surface area contributed by atoms with Gasteiger partial charge in [0.05, 0.1) is 0 Å². The van der Waals surface area contributed by atoms with Gasteiger partial charge in [0.1, 0.15) is 5.75 Å². The Morgan fingerprint density at radius 3 is 1.62 bits per heavy atom. The first-order chi connectivity index (χ1) is 7.83. The molecule has 0 heterocycles. The number of nitrogens with two attached hydrogens (primary N) is 1. The molecule has 0 amide bonds. The van der Waals surface area contributed by atoms with E-state index in [4.69, 9.17) is 10.8 Å². The molecule has 16 heavy (non-hydrogen) atoms. The van der Waals surface area contributed by atoms with Crippen molar-refractivity contribution in [2.24, 2.45) is 5.73 Å². The zero-order valence-electron chi connectivity index (χ0n) is 9.21. The summed E-state index contributed by atoms with van der Waals surface area (Å²) in [5.41, 5.74) is 6.50. The molecular formula is C14H17NO. The highest BCUT2D eigenvalue weighted by Crippen LogP contribution is 2.09. The van der Waals surface area contributed by atoms with Gasteiger partial charge in [0, 0.05) is 0 Å². The van der Waals surface area contributed by atoms with E-state index in [0.717, 1.165) is 6.42 Å². The summed E-state index contributed by atoms with van der Waals surface area (Å²) >= 11 is 0. The number of phenols is 1. The first-order valence-corrected chi connectivity index (χ1v) is 5.31.